The molecule has 2 N–H and O–H groups in total. The number of nitrogens with two attached hydrogens (primary N) is 1. The van der Waals surface area contributed by atoms with Crippen molar-refractivity contribution in [2.45, 2.75) is 0 Å². The van der Waals surface area contributed by atoms with E-state index in [0.717, 1.165) is 12.1 Å². The van der Waals surface area contributed by atoms with Gasteiger partial charge in [-0.3, -0.25) is 0 Å². The minimum absolute atomic E-state index is 0.0743. The van der Waals surface area contributed by atoms with Crippen LogP contribution in [0.2, 0.25) is 0 Å². The van der Waals surface area contributed by atoms with E-state index in [0.29, 0.717) is 5.69 Å². The van der Waals surface area contributed by atoms with Crippen molar-refractivity contribution in [1.82, 2.24) is 0 Å². The fourth-order valence-electron chi connectivity index (χ4n) is 1.69. The standard InChI is InChI=1S/C13H12F2N2/c1-17(10-5-3-2-4-6-10)13-11(14)7-9(16)8-12(13)15/h2-8H,16H2,1H3. The number of hydrogen-bond acceptors (Lipinski definition) is 2. The fraction of sp³-hybridized carbons (Fsp3) is 0.0769. The molecular weight excluding hydrogens is 222 g/mol. The van der Waals surface area contributed by atoms with Crippen LogP contribution in [0.3, 0.4) is 0 Å². The van der Waals surface area contributed by atoms with Crippen LogP contribution in [0.1, 0.15) is 0 Å². The smallest absolute Gasteiger partial charge is 0.151 e. The molecule has 2 aromatic rings. The van der Waals surface area contributed by atoms with Crippen LogP contribution in [0, 0.1) is 11.6 Å². The lowest BCUT2D eigenvalue weighted by Crippen LogP contribution is -2.13. The summed E-state index contributed by atoms with van der Waals surface area (Å²) in [5, 5.41) is 0. The van der Waals surface area contributed by atoms with Crippen molar-refractivity contribution in [2.75, 3.05) is 17.7 Å². The molecule has 0 unspecified atom stereocenters. The number of halogens is 2. The molecule has 0 heterocycles. The second-order valence-electron chi connectivity index (χ2n) is 3.73. The molecular formula is C13H12F2N2. The Labute approximate surface area is 98.3 Å². The number of nitrogens with zero attached hydrogens (tertiary/aromatic N) is 1. The molecule has 0 aromatic heterocycles. The van der Waals surface area contributed by atoms with E-state index in [1.54, 1.807) is 31.3 Å². The third-order valence-corrected chi connectivity index (χ3v) is 2.52. The number of nitrogen functional groups attached to an aromatic ring is 1. The second kappa shape index (κ2) is 4.41. The van der Waals surface area contributed by atoms with Crippen LogP contribution >= 0.6 is 0 Å². The van der Waals surface area contributed by atoms with Gasteiger partial charge in [0.1, 0.15) is 5.69 Å². The van der Waals surface area contributed by atoms with E-state index in [4.69, 9.17) is 5.73 Å². The summed E-state index contributed by atoms with van der Waals surface area (Å²) in [6, 6.07) is 11.2. The van der Waals surface area contributed by atoms with Crippen molar-refractivity contribution in [3.05, 3.63) is 54.1 Å². The fourth-order valence-corrected chi connectivity index (χ4v) is 1.69. The van der Waals surface area contributed by atoms with Gasteiger partial charge in [0, 0.05) is 18.4 Å². The predicted molar refractivity (Wildman–Crippen MR) is 65.3 cm³/mol. The highest BCUT2D eigenvalue weighted by molar-refractivity contribution is 5.65. The zero-order valence-electron chi connectivity index (χ0n) is 9.32. The Morgan fingerprint density at radius 3 is 2.06 bits per heavy atom. The van der Waals surface area contributed by atoms with Gasteiger partial charge in [-0.1, -0.05) is 18.2 Å². The third kappa shape index (κ3) is 2.20. The zero-order chi connectivity index (χ0) is 12.4. The van der Waals surface area contributed by atoms with E-state index in [2.05, 4.69) is 0 Å². The van der Waals surface area contributed by atoms with Gasteiger partial charge in [0.2, 0.25) is 0 Å². The van der Waals surface area contributed by atoms with Crippen LogP contribution in [0.5, 0.6) is 0 Å². The van der Waals surface area contributed by atoms with E-state index in [-0.39, 0.29) is 11.4 Å². The molecule has 0 aliphatic heterocycles. The SMILES string of the molecule is CN(c1ccccc1)c1c(F)cc(N)cc1F. The topological polar surface area (TPSA) is 29.3 Å². The number of para-hydroxylation sites is 1. The summed E-state index contributed by atoms with van der Waals surface area (Å²) in [7, 11) is 1.60. The van der Waals surface area contributed by atoms with Crippen molar-refractivity contribution in [3.63, 3.8) is 0 Å². The average molecular weight is 234 g/mol. The first-order chi connectivity index (χ1) is 8.09. The summed E-state index contributed by atoms with van der Waals surface area (Å²) >= 11 is 0. The Balaban J connectivity index is 2.48. The molecule has 0 bridgehead atoms. The zero-order valence-corrected chi connectivity index (χ0v) is 9.32. The van der Waals surface area contributed by atoms with E-state index >= 15 is 0 Å². The van der Waals surface area contributed by atoms with E-state index in [9.17, 15) is 8.78 Å². The summed E-state index contributed by atoms with van der Waals surface area (Å²) in [6.07, 6.45) is 0. The van der Waals surface area contributed by atoms with Gasteiger partial charge in [-0.05, 0) is 24.3 Å². The highest BCUT2D eigenvalue weighted by Crippen LogP contribution is 2.30. The summed E-state index contributed by atoms with van der Waals surface area (Å²) in [6.45, 7) is 0. The summed E-state index contributed by atoms with van der Waals surface area (Å²) in [5.74, 6) is -1.34. The van der Waals surface area contributed by atoms with Crippen LogP contribution in [-0.2, 0) is 0 Å². The van der Waals surface area contributed by atoms with Crippen LogP contribution in [0.25, 0.3) is 0 Å². The lowest BCUT2D eigenvalue weighted by Gasteiger charge is -2.20. The minimum atomic E-state index is -0.672. The lowest BCUT2D eigenvalue weighted by atomic mass is 10.2. The second-order valence-corrected chi connectivity index (χ2v) is 3.73. The number of benzene rings is 2. The number of rotatable bonds is 2. The maximum absolute atomic E-state index is 13.7. The largest absolute Gasteiger partial charge is 0.399 e. The highest BCUT2D eigenvalue weighted by atomic mass is 19.1. The molecule has 0 saturated carbocycles. The van der Waals surface area contributed by atoms with Crippen molar-refractivity contribution < 1.29 is 8.78 Å². The number of hydrogen-bond donors (Lipinski definition) is 1. The van der Waals surface area contributed by atoms with E-state index in [1.807, 2.05) is 6.07 Å². The first-order valence-electron chi connectivity index (χ1n) is 5.13. The first-order valence-corrected chi connectivity index (χ1v) is 5.13. The van der Waals surface area contributed by atoms with Crippen LogP contribution in [0.15, 0.2) is 42.5 Å². The predicted octanol–water partition coefficient (Wildman–Crippen LogP) is 3.31. The molecule has 0 spiro atoms. The molecule has 2 aromatic carbocycles. The Morgan fingerprint density at radius 2 is 1.53 bits per heavy atom. The molecule has 2 nitrogen and oxygen atoms in total. The van der Waals surface area contributed by atoms with E-state index < -0.39 is 11.6 Å². The lowest BCUT2D eigenvalue weighted by molar-refractivity contribution is 0.585. The first kappa shape index (κ1) is 11.4. The van der Waals surface area contributed by atoms with Crippen molar-refractivity contribution in [3.8, 4) is 0 Å². The Bertz CT molecular complexity index is 503. The van der Waals surface area contributed by atoms with Crippen molar-refractivity contribution in [2.24, 2.45) is 0 Å². The average Bonchev–Trinajstić information content (AvgIpc) is 2.28. The van der Waals surface area contributed by atoms with Crippen molar-refractivity contribution >= 4 is 17.1 Å². The third-order valence-electron chi connectivity index (χ3n) is 2.52. The van der Waals surface area contributed by atoms with Crippen LogP contribution in [-0.4, -0.2) is 7.05 Å². The molecule has 4 heteroatoms. The van der Waals surface area contributed by atoms with Gasteiger partial charge in [0.15, 0.2) is 11.6 Å². The molecule has 88 valence electrons. The molecule has 0 radical (unpaired) electrons. The van der Waals surface area contributed by atoms with Gasteiger partial charge in [-0.25, -0.2) is 8.78 Å². The van der Waals surface area contributed by atoms with Gasteiger partial charge < -0.3 is 10.6 Å². The van der Waals surface area contributed by atoms with Crippen molar-refractivity contribution in [1.29, 1.82) is 0 Å². The Hall–Kier alpha value is -2.10. The maximum Gasteiger partial charge on any atom is 0.151 e. The van der Waals surface area contributed by atoms with Gasteiger partial charge in [-0.15, -0.1) is 0 Å². The molecule has 0 aliphatic rings. The van der Waals surface area contributed by atoms with Gasteiger partial charge in [0.25, 0.3) is 0 Å². The molecule has 0 fully saturated rings. The summed E-state index contributed by atoms with van der Waals surface area (Å²) in [5.41, 5.74) is 6.04. The maximum atomic E-state index is 13.7. The minimum Gasteiger partial charge on any atom is -0.399 e. The monoisotopic (exact) mass is 234 g/mol. The van der Waals surface area contributed by atoms with Gasteiger partial charge in [0.05, 0.1) is 0 Å². The van der Waals surface area contributed by atoms with Crippen LogP contribution in [0.4, 0.5) is 25.8 Å². The Kier molecular flexibility index (Phi) is 2.95. The molecule has 0 aliphatic carbocycles. The van der Waals surface area contributed by atoms with E-state index in [1.165, 1.54) is 4.90 Å². The highest BCUT2D eigenvalue weighted by Gasteiger charge is 2.15. The Morgan fingerprint density at radius 1 is 1.00 bits per heavy atom. The molecule has 0 atom stereocenters. The molecule has 17 heavy (non-hydrogen) atoms. The summed E-state index contributed by atoms with van der Waals surface area (Å²) < 4.78 is 27.4. The normalized spacial score (nSPS) is 10.3. The summed E-state index contributed by atoms with van der Waals surface area (Å²) in [4.78, 5) is 1.45. The van der Waals surface area contributed by atoms with Gasteiger partial charge in [-0.2, -0.15) is 0 Å². The van der Waals surface area contributed by atoms with Gasteiger partial charge >= 0.3 is 0 Å². The molecule has 2 rings (SSSR count). The molecule has 0 amide bonds. The number of anilines is 3. The van der Waals surface area contributed by atoms with Crippen LogP contribution < -0.4 is 10.6 Å². The molecule has 0 saturated heterocycles. The quantitative estimate of drug-likeness (QED) is 0.808.